The molecule has 2 aromatic heterocycles. The summed E-state index contributed by atoms with van der Waals surface area (Å²) in [6, 6.07) is 17.9. The first-order chi connectivity index (χ1) is 12.2. The number of hydrogen-bond donors (Lipinski definition) is 0. The lowest BCUT2D eigenvalue weighted by molar-refractivity contribution is 1.21. The Morgan fingerprint density at radius 2 is 1.68 bits per heavy atom. The van der Waals surface area contributed by atoms with E-state index in [0.29, 0.717) is 11.1 Å². The van der Waals surface area contributed by atoms with E-state index in [1.807, 2.05) is 49.4 Å². The Labute approximate surface area is 144 Å². The lowest BCUT2D eigenvalue weighted by Crippen LogP contribution is -1.95. The lowest BCUT2D eigenvalue weighted by Gasteiger charge is -2.12. The molecular weight excluding hydrogens is 308 g/mol. The van der Waals surface area contributed by atoms with Gasteiger partial charge in [0.15, 0.2) is 0 Å². The zero-order valence-corrected chi connectivity index (χ0v) is 13.4. The van der Waals surface area contributed by atoms with Gasteiger partial charge in [0.1, 0.15) is 18.3 Å². The molecule has 0 aliphatic heterocycles. The molecule has 0 unspecified atom stereocenters. The summed E-state index contributed by atoms with van der Waals surface area (Å²) in [7, 11) is 0. The highest BCUT2D eigenvalue weighted by Gasteiger charge is 2.15. The van der Waals surface area contributed by atoms with Gasteiger partial charge in [0, 0.05) is 39.0 Å². The van der Waals surface area contributed by atoms with Gasteiger partial charge in [-0.25, -0.2) is 4.98 Å². The molecular formula is C21H11N4. The standard InChI is InChI=1S/C21H11N4/c1-13-16-7-4-8-19(20(16)15(10-23)12-24-13)21-18-6-3-2-5-17(18)14(9-22)11-25-21/h2-8,11H,1H3. The maximum absolute atomic E-state index is 9.51. The van der Waals surface area contributed by atoms with Gasteiger partial charge in [0.05, 0.1) is 16.8 Å². The summed E-state index contributed by atoms with van der Waals surface area (Å²) in [6.07, 6.45) is 4.40. The normalized spacial score (nSPS) is 10.5. The van der Waals surface area contributed by atoms with Gasteiger partial charge in [0.2, 0.25) is 0 Å². The molecule has 2 heterocycles. The molecule has 0 aliphatic carbocycles. The molecule has 4 rings (SSSR count). The second-order valence-electron chi connectivity index (χ2n) is 5.70. The van der Waals surface area contributed by atoms with E-state index in [4.69, 9.17) is 0 Å². The highest BCUT2D eigenvalue weighted by atomic mass is 14.7. The summed E-state index contributed by atoms with van der Waals surface area (Å²) in [5.74, 6) is 0. The molecule has 0 saturated carbocycles. The number of pyridine rings is 2. The van der Waals surface area contributed by atoms with E-state index in [1.54, 1.807) is 6.20 Å². The molecule has 4 aromatic rings. The molecule has 4 nitrogen and oxygen atoms in total. The molecule has 0 fully saturated rings. The summed E-state index contributed by atoms with van der Waals surface area (Å²) in [6.45, 7) is 1.90. The van der Waals surface area contributed by atoms with Crippen molar-refractivity contribution in [3.8, 4) is 23.4 Å². The number of fused-ring (bicyclic) bond motifs is 2. The maximum atomic E-state index is 9.51. The van der Waals surface area contributed by atoms with Gasteiger partial charge in [-0.1, -0.05) is 42.5 Å². The topological polar surface area (TPSA) is 73.4 Å². The molecule has 0 atom stereocenters. The molecule has 0 amide bonds. The number of nitrogens with zero attached hydrogens (tertiary/aromatic N) is 4. The first-order valence-electron chi connectivity index (χ1n) is 7.74. The van der Waals surface area contributed by atoms with E-state index >= 15 is 0 Å². The Morgan fingerprint density at radius 3 is 2.44 bits per heavy atom. The highest BCUT2D eigenvalue weighted by Crippen LogP contribution is 2.35. The van der Waals surface area contributed by atoms with Crippen LogP contribution in [-0.4, -0.2) is 9.97 Å². The van der Waals surface area contributed by atoms with Crippen molar-refractivity contribution in [2.75, 3.05) is 0 Å². The van der Waals surface area contributed by atoms with Crippen molar-refractivity contribution in [1.82, 2.24) is 9.97 Å². The van der Waals surface area contributed by atoms with Crippen LogP contribution < -0.4 is 0 Å². The minimum Gasteiger partial charge on any atom is -0.254 e. The highest BCUT2D eigenvalue weighted by molar-refractivity contribution is 6.07. The van der Waals surface area contributed by atoms with E-state index in [9.17, 15) is 10.5 Å². The Balaban J connectivity index is 2.18. The molecule has 0 saturated heterocycles. The van der Waals surface area contributed by atoms with Crippen LogP contribution in [0.3, 0.4) is 0 Å². The summed E-state index contributed by atoms with van der Waals surface area (Å²) < 4.78 is 0. The van der Waals surface area contributed by atoms with Gasteiger partial charge in [-0.3, -0.25) is 4.98 Å². The lowest BCUT2D eigenvalue weighted by atomic mass is 9.94. The number of benzene rings is 2. The van der Waals surface area contributed by atoms with Crippen LogP contribution in [0, 0.1) is 35.8 Å². The van der Waals surface area contributed by atoms with Crippen LogP contribution in [0.15, 0.2) is 48.7 Å². The van der Waals surface area contributed by atoms with Crippen molar-refractivity contribution in [1.29, 1.82) is 10.5 Å². The molecule has 4 heteroatoms. The number of aryl methyl sites for hydroxylation is 1. The van der Waals surface area contributed by atoms with Crippen molar-refractivity contribution >= 4 is 21.5 Å². The number of nitriles is 2. The fourth-order valence-corrected chi connectivity index (χ4v) is 3.15. The third-order valence-electron chi connectivity index (χ3n) is 4.32. The number of aromatic nitrogens is 2. The van der Waals surface area contributed by atoms with E-state index in [0.717, 1.165) is 38.5 Å². The van der Waals surface area contributed by atoms with E-state index in [2.05, 4.69) is 28.3 Å². The van der Waals surface area contributed by atoms with Crippen LogP contribution >= 0.6 is 0 Å². The summed E-state index contributed by atoms with van der Waals surface area (Å²) in [4.78, 5) is 8.73. The predicted molar refractivity (Wildman–Crippen MR) is 95.5 cm³/mol. The second-order valence-corrected chi connectivity index (χ2v) is 5.70. The minimum atomic E-state index is 0.395. The average molecular weight is 319 g/mol. The Bertz CT molecular complexity index is 1230. The van der Waals surface area contributed by atoms with Crippen LogP contribution in [0.5, 0.6) is 0 Å². The van der Waals surface area contributed by atoms with Gasteiger partial charge >= 0.3 is 0 Å². The van der Waals surface area contributed by atoms with Crippen molar-refractivity contribution in [2.45, 2.75) is 6.92 Å². The molecule has 2 aromatic carbocycles. The van der Waals surface area contributed by atoms with Crippen molar-refractivity contribution in [3.05, 3.63) is 71.7 Å². The largest absolute Gasteiger partial charge is 0.254 e. The Hall–Kier alpha value is -3.76. The maximum Gasteiger partial charge on any atom is 0.109 e. The Morgan fingerprint density at radius 1 is 0.920 bits per heavy atom. The van der Waals surface area contributed by atoms with Gasteiger partial charge < -0.3 is 0 Å². The molecule has 0 N–H and O–H groups in total. The van der Waals surface area contributed by atoms with Gasteiger partial charge in [-0.05, 0) is 6.92 Å². The van der Waals surface area contributed by atoms with E-state index in [-0.39, 0.29) is 0 Å². The predicted octanol–water partition coefficient (Wildman–Crippen LogP) is 4.30. The molecule has 0 spiro atoms. The van der Waals surface area contributed by atoms with E-state index in [1.165, 1.54) is 0 Å². The zero-order valence-electron chi connectivity index (χ0n) is 13.4. The summed E-state index contributed by atoms with van der Waals surface area (Å²) >= 11 is 0. The van der Waals surface area contributed by atoms with Crippen molar-refractivity contribution < 1.29 is 0 Å². The first kappa shape index (κ1) is 14.8. The van der Waals surface area contributed by atoms with Crippen LogP contribution in [-0.2, 0) is 0 Å². The minimum absolute atomic E-state index is 0.395. The zero-order chi connectivity index (χ0) is 17.4. The quantitative estimate of drug-likeness (QED) is 0.524. The van der Waals surface area contributed by atoms with Crippen LogP contribution in [0.2, 0.25) is 0 Å². The van der Waals surface area contributed by atoms with Gasteiger partial charge in [0.25, 0.3) is 0 Å². The summed E-state index contributed by atoms with van der Waals surface area (Å²) in [5, 5.41) is 22.3. The van der Waals surface area contributed by atoms with Crippen LogP contribution in [0.25, 0.3) is 32.8 Å². The van der Waals surface area contributed by atoms with Crippen LogP contribution in [0.1, 0.15) is 16.8 Å². The molecule has 0 aliphatic rings. The molecule has 0 bridgehead atoms. The number of hydrogen-bond acceptors (Lipinski definition) is 4. The average Bonchev–Trinajstić information content (AvgIpc) is 2.67. The molecule has 115 valence electrons. The third-order valence-corrected chi connectivity index (χ3v) is 4.32. The summed E-state index contributed by atoms with van der Waals surface area (Å²) in [5.41, 5.74) is 3.33. The number of rotatable bonds is 1. The van der Waals surface area contributed by atoms with Gasteiger partial charge in [-0.15, -0.1) is 0 Å². The monoisotopic (exact) mass is 319 g/mol. The van der Waals surface area contributed by atoms with Crippen molar-refractivity contribution in [3.63, 3.8) is 0 Å². The second kappa shape index (κ2) is 5.70. The molecule has 25 heavy (non-hydrogen) atoms. The van der Waals surface area contributed by atoms with Crippen LogP contribution in [0.4, 0.5) is 0 Å². The van der Waals surface area contributed by atoms with E-state index < -0.39 is 0 Å². The third kappa shape index (κ3) is 2.21. The fraction of sp³-hybridized carbons (Fsp3) is 0.0476. The smallest absolute Gasteiger partial charge is 0.109 e. The van der Waals surface area contributed by atoms with Crippen molar-refractivity contribution in [2.24, 2.45) is 0 Å². The Kier molecular flexibility index (Phi) is 3.38. The SMILES string of the molecule is Cc1n[c]c(C#N)c2c(-c3ncc(C#N)c4ccccc34)cccc12. The first-order valence-corrected chi connectivity index (χ1v) is 7.74. The molecule has 1 radical (unpaired) electrons. The fourth-order valence-electron chi connectivity index (χ4n) is 3.15. The van der Waals surface area contributed by atoms with Gasteiger partial charge in [-0.2, -0.15) is 10.5 Å².